The zero-order chi connectivity index (χ0) is 90.6. The molecule has 20 heterocycles. The number of hydrogen-bond acceptors (Lipinski definition) is 21. The first-order valence-corrected chi connectivity index (χ1v) is 52.6. The van der Waals surface area contributed by atoms with Gasteiger partial charge in [0.05, 0.1) is 38.1 Å². The van der Waals surface area contributed by atoms with Gasteiger partial charge >= 0.3 is 0 Å². The molecule has 0 aromatic carbocycles. The average Bonchev–Trinajstić information content (AvgIpc) is 1.75. The Morgan fingerprint density at radius 3 is 1.33 bits per heavy atom. The van der Waals surface area contributed by atoms with Crippen LogP contribution in [0, 0.1) is 29.6 Å². The molecule has 18 saturated heterocycles. The third-order valence-electron chi connectivity index (χ3n) is 32.9. The summed E-state index contributed by atoms with van der Waals surface area (Å²) in [4.78, 5) is 67.3. The molecule has 0 aliphatic carbocycles. The monoisotopic (exact) mass is 1780 g/mol. The molecule has 24 heteroatoms. The molecule has 1 aromatic rings. The van der Waals surface area contributed by atoms with Crippen molar-refractivity contribution >= 4 is 11.8 Å². The lowest BCUT2D eigenvalue weighted by molar-refractivity contribution is -0.131. The van der Waals surface area contributed by atoms with Gasteiger partial charge in [-0.2, -0.15) is 0 Å². The second-order valence-corrected chi connectivity index (χ2v) is 44.8. The predicted molar refractivity (Wildman–Crippen MR) is 525 cm³/mol. The zero-order valence-electron chi connectivity index (χ0n) is 85.2. The van der Waals surface area contributed by atoms with Gasteiger partial charge in [-0.3, -0.25) is 68.4 Å². The van der Waals surface area contributed by atoms with E-state index >= 15 is 0 Å². The van der Waals surface area contributed by atoms with Crippen LogP contribution in [0.25, 0.3) is 0 Å². The van der Waals surface area contributed by atoms with E-state index in [2.05, 4.69) is 254 Å². The Morgan fingerprint density at radius 1 is 0.346 bits per heavy atom. The van der Waals surface area contributed by atoms with Crippen LogP contribution in [0.1, 0.15) is 262 Å². The van der Waals surface area contributed by atoms with Crippen molar-refractivity contribution in [3.63, 3.8) is 0 Å². The van der Waals surface area contributed by atoms with Crippen LogP contribution in [0.3, 0.4) is 0 Å². The van der Waals surface area contributed by atoms with E-state index in [1.165, 1.54) is 201 Å². The first-order chi connectivity index (χ1) is 60.2. The number of likely N-dealkylation sites (N-methyl/N-ethyl adjacent to an activating group) is 1. The Balaban J connectivity index is 0.000000147. The van der Waals surface area contributed by atoms with Crippen molar-refractivity contribution < 1.29 is 28.5 Å². The van der Waals surface area contributed by atoms with Crippen LogP contribution in [-0.2, 0) is 41.6 Å². The second kappa shape index (κ2) is 52.1. The van der Waals surface area contributed by atoms with Crippen LogP contribution in [0.5, 0.6) is 0 Å². The van der Waals surface area contributed by atoms with Gasteiger partial charge in [0.2, 0.25) is 11.8 Å². The molecule has 14 unspecified atom stereocenters. The molecule has 0 saturated carbocycles. The minimum atomic E-state index is 0. The van der Waals surface area contributed by atoms with Crippen molar-refractivity contribution in [2.75, 3.05) is 217 Å². The summed E-state index contributed by atoms with van der Waals surface area (Å²) in [5.74, 6) is 6.30. The molecule has 0 N–H and O–H groups in total. The van der Waals surface area contributed by atoms with Crippen molar-refractivity contribution in [1.29, 1.82) is 0 Å². The lowest BCUT2D eigenvalue weighted by Crippen LogP contribution is -2.59. The number of carbonyl (C=O) groups excluding carboxylic acids is 2. The number of ether oxygens (including phenoxy) is 4. The molecule has 736 valence electrons. The van der Waals surface area contributed by atoms with E-state index in [1.54, 1.807) is 0 Å². The number of likely N-dealkylation sites (tertiary alicyclic amines) is 5. The normalized spacial score (nSPS) is 32.3. The Bertz CT molecular complexity index is 3100. The van der Waals surface area contributed by atoms with Gasteiger partial charge < -0.3 is 43.1 Å². The highest BCUT2D eigenvalue weighted by Crippen LogP contribution is 2.36. The first kappa shape index (κ1) is 106. The SMILES string of the molecule is C.CC(C)CC1CN(C(C)C)CC2CCCN21.CC(C)N1CC2CCN(C)C2C1.CC(C)N1CC2CCOC2C1.CC(C)N1CCC2CCOC2C1.CC(C)N1CCC2OCCC2C1.CC(C)N1CCN2C(=O)CCC2C1.CC(C)N1CCN2C(=O)CCC2C1.CC(C)N1CCN2CCCC2C1.CC(C)N1CCN2CCOCC2C1.CC(C)N1CCn2ccnc2C1. The van der Waals surface area contributed by atoms with E-state index in [9.17, 15) is 9.59 Å². The maximum Gasteiger partial charge on any atom is 0.222 e. The van der Waals surface area contributed by atoms with Crippen molar-refractivity contribution in [1.82, 2.24) is 87.9 Å². The van der Waals surface area contributed by atoms with E-state index in [-0.39, 0.29) is 7.43 Å². The van der Waals surface area contributed by atoms with Crippen molar-refractivity contribution in [2.24, 2.45) is 29.6 Å². The topological polar surface area (TPSA) is 141 Å². The van der Waals surface area contributed by atoms with Gasteiger partial charge in [0.1, 0.15) is 5.82 Å². The van der Waals surface area contributed by atoms with Gasteiger partial charge in [-0.05, 0) is 273 Å². The molecule has 19 aliphatic rings. The summed E-state index contributed by atoms with van der Waals surface area (Å²) in [6.45, 7) is 89.9. The van der Waals surface area contributed by atoms with Crippen molar-refractivity contribution in [2.45, 2.75) is 390 Å². The summed E-state index contributed by atoms with van der Waals surface area (Å²) in [6, 6.07) is 12.0. The quantitative estimate of drug-likeness (QED) is 0.196. The molecular formula is C103H198N18O6. The summed E-state index contributed by atoms with van der Waals surface area (Å²) >= 11 is 0. The third kappa shape index (κ3) is 31.0. The number of rotatable bonds is 12. The number of fused-ring (bicyclic) bond motifs is 10. The van der Waals surface area contributed by atoms with Gasteiger partial charge in [-0.1, -0.05) is 21.3 Å². The van der Waals surface area contributed by atoms with Crippen LogP contribution in [0.15, 0.2) is 12.4 Å². The standard InChI is InChI=1S/C14H28N2.C10H20N2O.2C10H18N2O.2C10H20N2.2C10H19NO.C9H15N3.C9H17NO.CH4/c1-11(2)8-14-10-15(12(3)4)9-13-6-5-7-16(13)14;1-9(2)12-4-3-11-5-6-13-8-10(11)7-12;2*1-8(2)11-5-6-12-9(7-11)3-4-10(12)13;1-8(2)12-6-9-4-5-11(3)10(9)7-12;1-9(2)12-7-6-11-5-3-4-10(11)8-12;1-8(2)11-5-3-10-9(7-11)4-6-12-10;1-8(2)11-5-3-9-4-6-12-10(9)7-11;1-8(2)12-6-5-11-4-3-10-9(11)7-12;1-7(2)10-5-8-3-4-11-9(8)6-10;/h11-14H,5-10H2,1-4H3;9-10H,3-8H2,1-2H3;2*8-9H,3-7H2,1-2H3;8-10H,4-7H2,1-3H3;9-10H,3-8H2,1-2H3;2*8-10H,3-7H2,1-2H3;3-4,8H,5-7H2,1-2H3;7-9H,3-6H2,1-2H3;1H4. The zero-order valence-corrected chi connectivity index (χ0v) is 85.2. The molecule has 0 spiro atoms. The lowest BCUT2D eigenvalue weighted by Gasteiger charge is -2.46. The van der Waals surface area contributed by atoms with Crippen LogP contribution in [0.2, 0.25) is 0 Å². The molecule has 2 amide bonds. The van der Waals surface area contributed by atoms with Crippen molar-refractivity contribution in [3.8, 4) is 0 Å². The number of aromatic nitrogens is 2. The third-order valence-corrected chi connectivity index (χ3v) is 32.9. The molecule has 1 aromatic heterocycles. The van der Waals surface area contributed by atoms with Gasteiger partial charge in [0.15, 0.2) is 0 Å². The Hall–Kier alpha value is -2.57. The molecule has 127 heavy (non-hydrogen) atoms. The summed E-state index contributed by atoms with van der Waals surface area (Å²) < 4.78 is 24.7. The number of piperidine rings is 2. The summed E-state index contributed by atoms with van der Waals surface area (Å²) in [5, 5.41) is 0. The van der Waals surface area contributed by atoms with E-state index in [4.69, 9.17) is 18.9 Å². The number of imidazole rings is 1. The van der Waals surface area contributed by atoms with Crippen molar-refractivity contribution in [3.05, 3.63) is 18.2 Å². The van der Waals surface area contributed by atoms with E-state index in [0.717, 1.165) is 196 Å². The van der Waals surface area contributed by atoms with E-state index in [1.807, 2.05) is 6.20 Å². The smallest absolute Gasteiger partial charge is 0.222 e. The maximum absolute atomic E-state index is 11.4. The summed E-state index contributed by atoms with van der Waals surface area (Å²) in [6.07, 6.45) is 24.3. The van der Waals surface area contributed by atoms with Crippen LogP contribution in [-0.4, -0.2) is 438 Å². The molecule has 18 fully saturated rings. The minimum Gasteiger partial charge on any atom is -0.378 e. The molecule has 14 atom stereocenters. The average molecular weight is 1780 g/mol. The highest BCUT2D eigenvalue weighted by Gasteiger charge is 2.45. The Morgan fingerprint density at radius 2 is 0.772 bits per heavy atom. The van der Waals surface area contributed by atoms with Gasteiger partial charge in [-0.25, -0.2) is 4.98 Å². The van der Waals surface area contributed by atoms with Gasteiger partial charge in [0, 0.05) is 317 Å². The largest absolute Gasteiger partial charge is 0.378 e. The van der Waals surface area contributed by atoms with Gasteiger partial charge in [0.25, 0.3) is 0 Å². The van der Waals surface area contributed by atoms with E-state index in [0.29, 0.717) is 90.5 Å². The molecular weight excluding hydrogens is 1590 g/mol. The van der Waals surface area contributed by atoms with Gasteiger partial charge in [-0.15, -0.1) is 0 Å². The predicted octanol–water partition coefficient (Wildman–Crippen LogP) is 12.5. The van der Waals surface area contributed by atoms with E-state index < -0.39 is 0 Å². The summed E-state index contributed by atoms with van der Waals surface area (Å²) in [5.41, 5.74) is 0. The number of carbonyl (C=O) groups is 2. The number of piperazine rings is 5. The Kier molecular flexibility index (Phi) is 43.7. The fourth-order valence-corrected chi connectivity index (χ4v) is 24.0. The first-order valence-electron chi connectivity index (χ1n) is 52.6. The number of morpholine rings is 1. The highest BCUT2D eigenvalue weighted by atomic mass is 16.5. The highest BCUT2D eigenvalue weighted by molar-refractivity contribution is 5.79. The minimum absolute atomic E-state index is 0. The number of amides is 2. The Labute approximate surface area is 778 Å². The maximum atomic E-state index is 11.4. The molecule has 0 bridgehead atoms. The number of nitrogens with zero attached hydrogens (tertiary/aromatic N) is 18. The fourth-order valence-electron chi connectivity index (χ4n) is 24.0. The number of hydrogen-bond donors (Lipinski definition) is 0. The molecule has 24 nitrogen and oxygen atoms in total. The van der Waals surface area contributed by atoms with Crippen LogP contribution < -0.4 is 0 Å². The molecule has 20 rings (SSSR count). The lowest BCUT2D eigenvalue weighted by atomic mass is 9.93. The van der Waals surface area contributed by atoms with Crippen LogP contribution in [0.4, 0.5) is 0 Å². The molecule has 19 aliphatic heterocycles. The molecule has 0 radical (unpaired) electrons. The fraction of sp³-hybridized carbons (Fsp3) is 0.951. The second-order valence-electron chi connectivity index (χ2n) is 44.8. The van der Waals surface area contributed by atoms with Crippen LogP contribution >= 0.6 is 0 Å². The summed E-state index contributed by atoms with van der Waals surface area (Å²) in [7, 11) is 2.27.